The topological polar surface area (TPSA) is 79.6 Å². The van der Waals surface area contributed by atoms with Gasteiger partial charge in [0.2, 0.25) is 0 Å². The Morgan fingerprint density at radius 3 is 3.00 bits per heavy atom. The Hall–Kier alpha value is -1.24. The summed E-state index contributed by atoms with van der Waals surface area (Å²) in [6.07, 6.45) is 3.46. The van der Waals surface area contributed by atoms with Gasteiger partial charge >= 0.3 is 0 Å². The molecule has 74 valence electrons. The lowest BCUT2D eigenvalue weighted by Crippen LogP contribution is -2.29. The van der Waals surface area contributed by atoms with Crippen LogP contribution in [0.3, 0.4) is 0 Å². The van der Waals surface area contributed by atoms with E-state index in [2.05, 4.69) is 20.4 Å². The third-order valence-corrected chi connectivity index (χ3v) is 2.68. The molecule has 1 unspecified atom stereocenters. The second kappa shape index (κ2) is 3.87. The minimum atomic E-state index is -0.157. The molecule has 2 heterocycles. The number of imidazole rings is 1. The van der Waals surface area contributed by atoms with Crippen molar-refractivity contribution in [2.24, 2.45) is 5.84 Å². The number of nitrogens with zero attached hydrogens (tertiary/aromatic N) is 2. The Morgan fingerprint density at radius 2 is 2.50 bits per heavy atom. The largest absolute Gasteiger partial charge is 0.347 e. The van der Waals surface area contributed by atoms with E-state index in [1.54, 1.807) is 23.7 Å². The van der Waals surface area contributed by atoms with Gasteiger partial charge in [-0.1, -0.05) is 0 Å². The molecule has 6 heteroatoms. The van der Waals surface area contributed by atoms with E-state index in [0.29, 0.717) is 0 Å². The molecule has 0 bridgehead atoms. The minimum absolute atomic E-state index is 0.157. The van der Waals surface area contributed by atoms with Gasteiger partial charge in [0.1, 0.15) is 11.9 Å². The van der Waals surface area contributed by atoms with Crippen LogP contribution < -0.4 is 11.3 Å². The zero-order valence-electron chi connectivity index (χ0n) is 7.69. The molecule has 2 aromatic rings. The summed E-state index contributed by atoms with van der Waals surface area (Å²) in [6.45, 7) is 1.96. The van der Waals surface area contributed by atoms with Gasteiger partial charge in [-0.3, -0.25) is 5.84 Å². The molecule has 2 rings (SSSR count). The maximum absolute atomic E-state index is 5.46. The van der Waals surface area contributed by atoms with Crippen LogP contribution in [0.25, 0.3) is 0 Å². The van der Waals surface area contributed by atoms with Gasteiger partial charge in [0.25, 0.3) is 0 Å². The quantitative estimate of drug-likeness (QED) is 0.514. The highest BCUT2D eigenvalue weighted by Gasteiger charge is 2.16. The van der Waals surface area contributed by atoms with Gasteiger partial charge in [0.05, 0.1) is 10.7 Å². The van der Waals surface area contributed by atoms with Crippen LogP contribution in [-0.4, -0.2) is 15.0 Å². The second-order valence-electron chi connectivity index (χ2n) is 2.87. The smallest absolute Gasteiger partial charge is 0.130 e. The van der Waals surface area contributed by atoms with Crippen molar-refractivity contribution >= 4 is 11.3 Å². The predicted molar refractivity (Wildman–Crippen MR) is 54.6 cm³/mol. The lowest BCUT2D eigenvalue weighted by Gasteiger charge is -2.09. The highest BCUT2D eigenvalue weighted by atomic mass is 32.1. The lowest BCUT2D eigenvalue weighted by molar-refractivity contribution is 0.595. The van der Waals surface area contributed by atoms with Gasteiger partial charge in [0, 0.05) is 17.8 Å². The van der Waals surface area contributed by atoms with E-state index in [1.807, 2.05) is 12.3 Å². The van der Waals surface area contributed by atoms with Gasteiger partial charge in [0.15, 0.2) is 0 Å². The Kier molecular flexibility index (Phi) is 2.58. The van der Waals surface area contributed by atoms with Crippen molar-refractivity contribution in [2.75, 3.05) is 0 Å². The van der Waals surface area contributed by atoms with Crippen LogP contribution in [0.5, 0.6) is 0 Å². The molecule has 0 aromatic carbocycles. The highest BCUT2D eigenvalue weighted by Crippen LogP contribution is 2.19. The molecule has 0 spiro atoms. The average Bonchev–Trinajstić information content (AvgIpc) is 2.79. The number of hydrogen-bond donors (Lipinski definition) is 3. The van der Waals surface area contributed by atoms with Crippen LogP contribution in [0.15, 0.2) is 17.8 Å². The van der Waals surface area contributed by atoms with Gasteiger partial charge in [-0.15, -0.1) is 11.3 Å². The van der Waals surface area contributed by atoms with Crippen LogP contribution in [-0.2, 0) is 0 Å². The molecular weight excluding hydrogens is 198 g/mol. The molecule has 0 radical (unpaired) electrons. The molecule has 0 aliphatic heterocycles. The number of hydrogen-bond acceptors (Lipinski definition) is 5. The zero-order chi connectivity index (χ0) is 9.97. The Morgan fingerprint density at radius 1 is 1.64 bits per heavy atom. The normalized spacial score (nSPS) is 13.0. The zero-order valence-corrected chi connectivity index (χ0v) is 8.51. The van der Waals surface area contributed by atoms with Crippen molar-refractivity contribution in [2.45, 2.75) is 13.0 Å². The summed E-state index contributed by atoms with van der Waals surface area (Å²) in [7, 11) is 0. The van der Waals surface area contributed by atoms with Crippen molar-refractivity contribution < 1.29 is 0 Å². The number of aryl methyl sites for hydroxylation is 1. The van der Waals surface area contributed by atoms with Crippen LogP contribution in [0, 0.1) is 6.92 Å². The summed E-state index contributed by atoms with van der Waals surface area (Å²) < 4.78 is 0. The van der Waals surface area contributed by atoms with Crippen LogP contribution >= 0.6 is 11.3 Å². The first-order chi connectivity index (χ1) is 6.81. The first kappa shape index (κ1) is 9.32. The Bertz CT molecular complexity index is 394. The van der Waals surface area contributed by atoms with E-state index in [4.69, 9.17) is 5.84 Å². The number of nitrogens with one attached hydrogen (secondary N) is 2. The number of H-pyrrole nitrogens is 1. The number of rotatable bonds is 3. The fourth-order valence-corrected chi connectivity index (χ4v) is 1.89. The second-order valence-corrected chi connectivity index (χ2v) is 3.93. The molecule has 0 saturated heterocycles. The standard InChI is InChI=1S/C8H11N5S/c1-5-12-6(4-14-5)7(13-9)8-10-2-3-11-8/h2-4,7,13H,9H2,1H3,(H,10,11). The third-order valence-electron chi connectivity index (χ3n) is 1.89. The monoisotopic (exact) mass is 209 g/mol. The predicted octanol–water partition coefficient (Wildman–Crippen LogP) is 0.727. The van der Waals surface area contributed by atoms with Crippen molar-refractivity contribution in [3.8, 4) is 0 Å². The molecule has 2 aromatic heterocycles. The first-order valence-corrected chi connectivity index (χ1v) is 5.06. The van der Waals surface area contributed by atoms with Crippen molar-refractivity contribution in [1.82, 2.24) is 20.4 Å². The van der Waals surface area contributed by atoms with Gasteiger partial charge in [-0.05, 0) is 6.92 Å². The lowest BCUT2D eigenvalue weighted by atomic mass is 10.2. The molecule has 0 amide bonds. The van der Waals surface area contributed by atoms with E-state index < -0.39 is 0 Å². The first-order valence-electron chi connectivity index (χ1n) is 4.18. The third kappa shape index (κ3) is 1.67. The molecule has 14 heavy (non-hydrogen) atoms. The minimum Gasteiger partial charge on any atom is -0.347 e. The fraction of sp³-hybridized carbons (Fsp3) is 0.250. The van der Waals surface area contributed by atoms with Crippen molar-refractivity contribution in [1.29, 1.82) is 0 Å². The van der Waals surface area contributed by atoms with Crippen molar-refractivity contribution in [3.63, 3.8) is 0 Å². The van der Waals surface area contributed by atoms with Crippen molar-refractivity contribution in [3.05, 3.63) is 34.3 Å². The van der Waals surface area contributed by atoms with E-state index in [9.17, 15) is 0 Å². The molecule has 0 fully saturated rings. The van der Waals surface area contributed by atoms with Crippen LogP contribution in [0.2, 0.25) is 0 Å². The number of thiazole rings is 1. The Labute approximate surface area is 85.4 Å². The van der Waals surface area contributed by atoms with E-state index in [-0.39, 0.29) is 6.04 Å². The summed E-state index contributed by atoms with van der Waals surface area (Å²) in [5, 5.41) is 2.99. The van der Waals surface area contributed by atoms with Gasteiger partial charge in [-0.25, -0.2) is 15.4 Å². The number of hydrazine groups is 1. The maximum Gasteiger partial charge on any atom is 0.130 e. The molecule has 1 atom stereocenters. The van der Waals surface area contributed by atoms with Crippen LogP contribution in [0.1, 0.15) is 22.6 Å². The van der Waals surface area contributed by atoms with Crippen LogP contribution in [0.4, 0.5) is 0 Å². The molecular formula is C8H11N5S. The number of aromatic nitrogens is 3. The van der Waals surface area contributed by atoms with E-state index in [0.717, 1.165) is 16.5 Å². The summed E-state index contributed by atoms with van der Waals surface area (Å²) in [6, 6.07) is -0.157. The van der Waals surface area contributed by atoms with Gasteiger partial charge in [-0.2, -0.15) is 0 Å². The molecule has 0 saturated carbocycles. The average molecular weight is 209 g/mol. The number of aromatic amines is 1. The summed E-state index contributed by atoms with van der Waals surface area (Å²) in [4.78, 5) is 11.5. The molecule has 0 aliphatic carbocycles. The SMILES string of the molecule is Cc1nc(C(NN)c2ncc[nH]2)cs1. The molecule has 0 aliphatic rings. The van der Waals surface area contributed by atoms with E-state index in [1.165, 1.54) is 0 Å². The van der Waals surface area contributed by atoms with Gasteiger partial charge < -0.3 is 4.98 Å². The summed E-state index contributed by atoms with van der Waals surface area (Å²) >= 11 is 1.60. The van der Waals surface area contributed by atoms with E-state index >= 15 is 0 Å². The molecule has 5 nitrogen and oxygen atoms in total. The molecule has 4 N–H and O–H groups in total. The summed E-state index contributed by atoms with van der Waals surface area (Å²) in [5.74, 6) is 6.24. The Balaban J connectivity index is 2.31. The highest BCUT2D eigenvalue weighted by molar-refractivity contribution is 7.09. The maximum atomic E-state index is 5.46. The number of nitrogens with two attached hydrogens (primary N) is 1. The fourth-order valence-electron chi connectivity index (χ4n) is 1.25. The summed E-state index contributed by atoms with van der Waals surface area (Å²) in [5.41, 5.74) is 3.58.